The van der Waals surface area contributed by atoms with Crippen LogP contribution in [-0.4, -0.2) is 60.6 Å². The molecule has 1 aromatic heterocycles. The lowest BCUT2D eigenvalue weighted by atomic mass is 9.92. The number of aromatic nitrogens is 2. The van der Waals surface area contributed by atoms with Crippen LogP contribution >= 0.6 is 0 Å². The van der Waals surface area contributed by atoms with Crippen LogP contribution in [0.2, 0.25) is 5.54 Å². The van der Waals surface area contributed by atoms with E-state index >= 15 is 4.39 Å². The van der Waals surface area contributed by atoms with Crippen molar-refractivity contribution >= 4 is 37.9 Å². The average Bonchev–Trinajstić information content (AvgIpc) is 3.56. The SMILES string of the molecule is C[C@@H]1c2ccccc2CCN1C(=O)c1cc(C2CC2)c2nn(-c3ccc(NC(=O)N4CCC([SiH]=O)C4)cc3F)cc2c1. The van der Waals surface area contributed by atoms with Gasteiger partial charge in [-0.25, -0.2) is 13.9 Å². The third-order valence-corrected chi connectivity index (χ3v) is 9.84. The minimum absolute atomic E-state index is 0.000749. The van der Waals surface area contributed by atoms with Gasteiger partial charge in [0.05, 0.1) is 11.6 Å². The Kier molecular flexibility index (Phi) is 6.73. The van der Waals surface area contributed by atoms with Gasteiger partial charge in [-0.05, 0) is 85.5 Å². The summed E-state index contributed by atoms with van der Waals surface area (Å²) in [5, 5.41) is 8.31. The number of rotatable bonds is 5. The minimum atomic E-state index is -0.913. The molecule has 0 radical (unpaired) electrons. The molecule has 2 aliphatic heterocycles. The number of hydrogen-bond acceptors (Lipinski definition) is 4. The first-order valence-electron chi connectivity index (χ1n) is 14.6. The van der Waals surface area contributed by atoms with Gasteiger partial charge in [0.25, 0.3) is 15.3 Å². The zero-order chi connectivity index (χ0) is 29.0. The van der Waals surface area contributed by atoms with E-state index in [0.29, 0.717) is 36.8 Å². The van der Waals surface area contributed by atoms with E-state index in [1.807, 2.05) is 29.2 Å². The minimum Gasteiger partial charge on any atom is -0.392 e. The normalized spacial score (nSPS) is 20.0. The average molecular weight is 582 g/mol. The van der Waals surface area contributed by atoms with E-state index in [1.165, 1.54) is 21.9 Å². The Morgan fingerprint density at radius 1 is 1.02 bits per heavy atom. The highest BCUT2D eigenvalue weighted by atomic mass is 28.2. The van der Waals surface area contributed by atoms with Crippen molar-refractivity contribution in [3.63, 3.8) is 0 Å². The largest absolute Gasteiger partial charge is 0.392 e. The smallest absolute Gasteiger partial charge is 0.321 e. The third-order valence-electron chi connectivity index (χ3n) is 8.91. The molecule has 3 heterocycles. The Morgan fingerprint density at radius 3 is 2.62 bits per heavy atom. The summed E-state index contributed by atoms with van der Waals surface area (Å²) in [7, 11) is -0.913. The number of urea groups is 1. The molecule has 3 aliphatic rings. The highest BCUT2D eigenvalue weighted by molar-refractivity contribution is 6.20. The quantitative estimate of drug-likeness (QED) is 0.311. The van der Waals surface area contributed by atoms with Crippen molar-refractivity contribution in [1.82, 2.24) is 19.6 Å². The summed E-state index contributed by atoms with van der Waals surface area (Å²) in [6, 6.07) is 16.4. The zero-order valence-corrected chi connectivity index (χ0v) is 24.6. The van der Waals surface area contributed by atoms with E-state index in [9.17, 15) is 14.1 Å². The number of halogens is 1. The van der Waals surface area contributed by atoms with Crippen LogP contribution in [0.1, 0.15) is 65.2 Å². The molecule has 214 valence electrons. The second kappa shape index (κ2) is 10.6. The summed E-state index contributed by atoms with van der Waals surface area (Å²) in [4.78, 5) is 30.0. The maximum atomic E-state index is 15.4. The molecule has 1 N–H and O–H groups in total. The van der Waals surface area contributed by atoms with Gasteiger partial charge in [0.1, 0.15) is 5.69 Å². The predicted octanol–water partition coefficient (Wildman–Crippen LogP) is 5.61. The fourth-order valence-electron chi connectivity index (χ4n) is 6.39. The standard InChI is InChI=1S/C32H32FN5O3Si/c1-19-26-5-3-2-4-20(26)10-13-37(19)31(39)22-14-23-17-38(35-30(23)27(15-22)21-6-7-21)29-9-8-24(16-28(29)33)34-32(40)36-12-11-25(18-36)42-41/h2-5,8-9,14-17,19,21,25,42H,6-7,10-13,18H2,1H3,(H,34,40)/t19-,25?/m1/s1. The van der Waals surface area contributed by atoms with Gasteiger partial charge >= 0.3 is 6.03 Å². The highest BCUT2D eigenvalue weighted by Crippen LogP contribution is 2.44. The molecule has 2 fully saturated rings. The van der Waals surface area contributed by atoms with E-state index in [0.717, 1.165) is 42.1 Å². The topological polar surface area (TPSA) is 87.5 Å². The lowest BCUT2D eigenvalue weighted by molar-refractivity contribution is 0.0677. The maximum Gasteiger partial charge on any atom is 0.321 e. The van der Waals surface area contributed by atoms with Crippen molar-refractivity contribution < 1.29 is 18.4 Å². The molecule has 42 heavy (non-hydrogen) atoms. The first-order valence-corrected chi connectivity index (χ1v) is 15.8. The number of fused-ring (bicyclic) bond motifs is 2. The van der Waals surface area contributed by atoms with Gasteiger partial charge in [0, 0.05) is 48.0 Å². The van der Waals surface area contributed by atoms with Crippen molar-refractivity contribution in [3.8, 4) is 5.69 Å². The lowest BCUT2D eigenvalue weighted by Gasteiger charge is -2.35. The Hall–Kier alpha value is -4.18. The summed E-state index contributed by atoms with van der Waals surface area (Å²) in [5.74, 6) is -0.172. The Morgan fingerprint density at radius 2 is 1.86 bits per heavy atom. The number of carbonyl (C=O) groups is 2. The molecular formula is C32H32FN5O3Si. The Labute approximate surface area is 245 Å². The van der Waals surface area contributed by atoms with Crippen LogP contribution in [0.3, 0.4) is 0 Å². The van der Waals surface area contributed by atoms with Gasteiger partial charge in [0.2, 0.25) is 0 Å². The maximum absolute atomic E-state index is 15.4. The summed E-state index contributed by atoms with van der Waals surface area (Å²) in [6.07, 6.45) is 5.43. The molecule has 1 unspecified atom stereocenters. The summed E-state index contributed by atoms with van der Waals surface area (Å²) in [6.45, 7) is 3.75. The second-order valence-electron chi connectivity index (χ2n) is 11.7. The molecule has 3 amide bonds. The van der Waals surface area contributed by atoms with Crippen LogP contribution in [0.5, 0.6) is 0 Å². The van der Waals surface area contributed by atoms with Crippen molar-refractivity contribution in [1.29, 1.82) is 0 Å². The van der Waals surface area contributed by atoms with Gasteiger partial charge in [0.15, 0.2) is 5.82 Å². The van der Waals surface area contributed by atoms with Crippen LogP contribution in [-0.2, 0) is 10.9 Å². The van der Waals surface area contributed by atoms with E-state index in [4.69, 9.17) is 5.10 Å². The van der Waals surface area contributed by atoms with E-state index < -0.39 is 15.2 Å². The molecule has 1 saturated carbocycles. The predicted molar refractivity (Wildman–Crippen MR) is 159 cm³/mol. The first kappa shape index (κ1) is 26.7. The molecule has 1 saturated heterocycles. The molecule has 2 atom stereocenters. The number of amides is 3. The highest BCUT2D eigenvalue weighted by Gasteiger charge is 2.32. The number of nitrogens with one attached hydrogen (secondary N) is 1. The van der Waals surface area contributed by atoms with E-state index in [-0.39, 0.29) is 29.2 Å². The molecule has 3 aromatic carbocycles. The Balaban J connectivity index is 1.16. The summed E-state index contributed by atoms with van der Waals surface area (Å²) < 4.78 is 28.1. The molecule has 7 rings (SSSR count). The molecule has 0 spiro atoms. The molecule has 10 heteroatoms. The molecule has 0 bridgehead atoms. The monoisotopic (exact) mass is 581 g/mol. The summed E-state index contributed by atoms with van der Waals surface area (Å²) >= 11 is 0. The van der Waals surface area contributed by atoms with Gasteiger partial charge in [-0.15, -0.1) is 0 Å². The van der Waals surface area contributed by atoms with Gasteiger partial charge < -0.3 is 19.6 Å². The van der Waals surface area contributed by atoms with Crippen LogP contribution in [0.4, 0.5) is 14.9 Å². The summed E-state index contributed by atoms with van der Waals surface area (Å²) in [5.41, 5.74) is 5.60. The van der Waals surface area contributed by atoms with Crippen molar-refractivity contribution in [2.45, 2.75) is 50.1 Å². The van der Waals surface area contributed by atoms with Gasteiger partial charge in [-0.3, -0.25) is 4.79 Å². The zero-order valence-electron chi connectivity index (χ0n) is 23.4. The number of hydrogen-bond donors (Lipinski definition) is 1. The van der Waals surface area contributed by atoms with Gasteiger partial charge in [-0.2, -0.15) is 5.10 Å². The molecular weight excluding hydrogens is 549 g/mol. The third kappa shape index (κ3) is 4.83. The van der Waals surface area contributed by atoms with Crippen LogP contribution < -0.4 is 5.32 Å². The van der Waals surface area contributed by atoms with Crippen molar-refractivity contribution in [3.05, 3.63) is 88.9 Å². The van der Waals surface area contributed by atoms with Crippen LogP contribution in [0.15, 0.2) is 60.8 Å². The van der Waals surface area contributed by atoms with Crippen molar-refractivity contribution in [2.75, 3.05) is 25.0 Å². The van der Waals surface area contributed by atoms with Crippen LogP contribution in [0, 0.1) is 5.82 Å². The lowest BCUT2D eigenvalue weighted by Crippen LogP contribution is -2.38. The number of nitrogens with zero attached hydrogens (tertiary/aromatic N) is 4. The Bertz CT molecular complexity index is 1730. The molecule has 1 aliphatic carbocycles. The second-order valence-corrected chi connectivity index (χ2v) is 12.9. The van der Waals surface area contributed by atoms with Gasteiger partial charge in [-0.1, -0.05) is 24.3 Å². The number of anilines is 1. The fourth-order valence-corrected chi connectivity index (χ4v) is 7.01. The number of carbonyl (C=O) groups excluding carboxylic acids is 2. The first-order chi connectivity index (χ1) is 20.4. The van der Waals surface area contributed by atoms with Crippen LogP contribution in [0.25, 0.3) is 16.6 Å². The number of likely N-dealkylation sites (tertiary alicyclic amines) is 1. The number of benzene rings is 3. The van der Waals surface area contributed by atoms with E-state index in [2.05, 4.69) is 24.4 Å². The van der Waals surface area contributed by atoms with Crippen molar-refractivity contribution in [2.24, 2.45) is 0 Å². The fraction of sp³-hybridized carbons (Fsp3) is 0.344. The molecule has 8 nitrogen and oxygen atoms in total. The molecule has 4 aromatic rings. The van der Waals surface area contributed by atoms with E-state index in [1.54, 1.807) is 23.2 Å².